The molecule has 2 atom stereocenters. The Labute approximate surface area is 108 Å². The molecular formula is C14H31N3. The second-order valence-corrected chi connectivity index (χ2v) is 6.08. The Balaban J connectivity index is 2.21. The molecule has 0 aromatic carbocycles. The molecule has 0 aromatic heterocycles. The Morgan fingerprint density at radius 3 is 2.59 bits per heavy atom. The maximum atomic E-state index is 3.63. The predicted octanol–water partition coefficient (Wildman–Crippen LogP) is 1.65. The van der Waals surface area contributed by atoms with Crippen molar-refractivity contribution in [2.45, 2.75) is 45.7 Å². The van der Waals surface area contributed by atoms with E-state index in [1.54, 1.807) is 0 Å². The summed E-state index contributed by atoms with van der Waals surface area (Å²) in [5, 5.41) is 3.63. The van der Waals surface area contributed by atoms with Gasteiger partial charge >= 0.3 is 0 Å². The normalized spacial score (nSPS) is 23.8. The highest BCUT2D eigenvalue weighted by atomic mass is 15.2. The van der Waals surface area contributed by atoms with E-state index in [1.165, 1.54) is 32.5 Å². The van der Waals surface area contributed by atoms with Gasteiger partial charge in [-0.3, -0.25) is 4.90 Å². The summed E-state index contributed by atoms with van der Waals surface area (Å²) >= 11 is 0. The van der Waals surface area contributed by atoms with Crippen LogP contribution in [0.3, 0.4) is 0 Å². The fraction of sp³-hybridized carbons (Fsp3) is 1.00. The van der Waals surface area contributed by atoms with Gasteiger partial charge in [-0.1, -0.05) is 13.8 Å². The van der Waals surface area contributed by atoms with Gasteiger partial charge in [0.05, 0.1) is 0 Å². The van der Waals surface area contributed by atoms with E-state index in [9.17, 15) is 0 Å². The van der Waals surface area contributed by atoms with Gasteiger partial charge in [0.1, 0.15) is 0 Å². The van der Waals surface area contributed by atoms with Crippen LogP contribution in [0.4, 0.5) is 0 Å². The molecule has 1 saturated heterocycles. The van der Waals surface area contributed by atoms with Crippen LogP contribution in [0.15, 0.2) is 0 Å². The monoisotopic (exact) mass is 241 g/mol. The second kappa shape index (κ2) is 7.34. The standard InChI is InChI=1S/C14H31N3/c1-12(2)13(3)15-8-10-17-9-6-7-14(17)11-16(4)5/h12-15H,6-11H2,1-5H3. The summed E-state index contributed by atoms with van der Waals surface area (Å²) in [7, 11) is 4.35. The molecule has 1 aliphatic heterocycles. The number of nitrogens with one attached hydrogen (secondary N) is 1. The number of hydrogen-bond acceptors (Lipinski definition) is 3. The summed E-state index contributed by atoms with van der Waals surface area (Å²) in [6.45, 7) is 11.7. The van der Waals surface area contributed by atoms with Gasteiger partial charge < -0.3 is 10.2 Å². The third kappa shape index (κ3) is 5.36. The lowest BCUT2D eigenvalue weighted by Gasteiger charge is -2.28. The number of rotatable bonds is 7. The summed E-state index contributed by atoms with van der Waals surface area (Å²) < 4.78 is 0. The van der Waals surface area contributed by atoms with E-state index in [4.69, 9.17) is 0 Å². The van der Waals surface area contributed by atoms with Crippen molar-refractivity contribution in [1.82, 2.24) is 15.1 Å². The molecule has 3 heteroatoms. The maximum Gasteiger partial charge on any atom is 0.0223 e. The third-order valence-electron chi connectivity index (χ3n) is 3.94. The van der Waals surface area contributed by atoms with Crippen LogP contribution in [0.5, 0.6) is 0 Å². The zero-order valence-electron chi connectivity index (χ0n) is 12.4. The molecule has 0 radical (unpaired) electrons. The molecular weight excluding hydrogens is 210 g/mol. The van der Waals surface area contributed by atoms with Crippen LogP contribution in [0.1, 0.15) is 33.6 Å². The minimum Gasteiger partial charge on any atom is -0.313 e. The molecule has 0 amide bonds. The number of hydrogen-bond donors (Lipinski definition) is 1. The van der Waals surface area contributed by atoms with Gasteiger partial charge in [0, 0.05) is 31.7 Å². The van der Waals surface area contributed by atoms with Crippen LogP contribution in [0.2, 0.25) is 0 Å². The zero-order valence-corrected chi connectivity index (χ0v) is 12.4. The van der Waals surface area contributed by atoms with Crippen molar-refractivity contribution in [3.8, 4) is 0 Å². The Kier molecular flexibility index (Phi) is 6.45. The van der Waals surface area contributed by atoms with Crippen LogP contribution in [0.25, 0.3) is 0 Å². The van der Waals surface area contributed by atoms with Gasteiger partial charge in [-0.15, -0.1) is 0 Å². The van der Waals surface area contributed by atoms with Crippen molar-refractivity contribution < 1.29 is 0 Å². The molecule has 102 valence electrons. The van der Waals surface area contributed by atoms with Crippen LogP contribution in [-0.4, -0.2) is 62.2 Å². The lowest BCUT2D eigenvalue weighted by molar-refractivity contribution is 0.205. The number of likely N-dealkylation sites (N-methyl/N-ethyl adjacent to an activating group) is 1. The first-order valence-electron chi connectivity index (χ1n) is 7.13. The van der Waals surface area contributed by atoms with Gasteiger partial charge in [-0.2, -0.15) is 0 Å². The minimum atomic E-state index is 0.630. The van der Waals surface area contributed by atoms with Gasteiger partial charge in [0.15, 0.2) is 0 Å². The maximum absolute atomic E-state index is 3.63. The lowest BCUT2D eigenvalue weighted by Crippen LogP contribution is -2.43. The molecule has 17 heavy (non-hydrogen) atoms. The van der Waals surface area contributed by atoms with Crippen molar-refractivity contribution in [1.29, 1.82) is 0 Å². The summed E-state index contributed by atoms with van der Waals surface area (Å²) in [5.41, 5.74) is 0. The van der Waals surface area contributed by atoms with Crippen LogP contribution in [0, 0.1) is 5.92 Å². The van der Waals surface area contributed by atoms with Crippen LogP contribution in [-0.2, 0) is 0 Å². The van der Waals surface area contributed by atoms with E-state index >= 15 is 0 Å². The summed E-state index contributed by atoms with van der Waals surface area (Å²) in [4.78, 5) is 4.97. The first-order chi connectivity index (χ1) is 8.00. The molecule has 1 heterocycles. The molecule has 3 nitrogen and oxygen atoms in total. The van der Waals surface area contributed by atoms with Gasteiger partial charge in [-0.25, -0.2) is 0 Å². The van der Waals surface area contributed by atoms with Crippen molar-refractivity contribution in [2.24, 2.45) is 5.92 Å². The predicted molar refractivity (Wildman–Crippen MR) is 75.5 cm³/mol. The quantitative estimate of drug-likeness (QED) is 0.731. The van der Waals surface area contributed by atoms with Gasteiger partial charge in [-0.05, 0) is 46.3 Å². The van der Waals surface area contributed by atoms with Crippen LogP contribution >= 0.6 is 0 Å². The molecule has 0 saturated carbocycles. The van der Waals surface area contributed by atoms with Gasteiger partial charge in [0.2, 0.25) is 0 Å². The molecule has 1 N–H and O–H groups in total. The molecule has 2 unspecified atom stereocenters. The van der Waals surface area contributed by atoms with Crippen molar-refractivity contribution in [3.63, 3.8) is 0 Å². The SMILES string of the molecule is CC(C)C(C)NCCN1CCCC1CN(C)C. The van der Waals surface area contributed by atoms with Crippen molar-refractivity contribution in [2.75, 3.05) is 40.3 Å². The van der Waals surface area contributed by atoms with Crippen molar-refractivity contribution in [3.05, 3.63) is 0 Å². The highest BCUT2D eigenvalue weighted by molar-refractivity contribution is 4.81. The minimum absolute atomic E-state index is 0.630. The van der Waals surface area contributed by atoms with E-state index in [-0.39, 0.29) is 0 Å². The molecule has 0 spiro atoms. The zero-order chi connectivity index (χ0) is 12.8. The summed E-state index contributed by atoms with van der Waals surface area (Å²) in [6, 6.07) is 1.41. The van der Waals surface area contributed by atoms with Gasteiger partial charge in [0.25, 0.3) is 0 Å². The molecule has 1 aliphatic rings. The van der Waals surface area contributed by atoms with E-state index in [2.05, 4.69) is 50.0 Å². The first-order valence-corrected chi connectivity index (χ1v) is 7.13. The summed E-state index contributed by atoms with van der Waals surface area (Å²) in [5.74, 6) is 0.728. The lowest BCUT2D eigenvalue weighted by atomic mass is 10.1. The van der Waals surface area contributed by atoms with E-state index < -0.39 is 0 Å². The Bertz CT molecular complexity index is 204. The van der Waals surface area contributed by atoms with E-state index in [1.807, 2.05) is 0 Å². The van der Waals surface area contributed by atoms with Crippen molar-refractivity contribution >= 4 is 0 Å². The molecule has 0 aromatic rings. The average molecular weight is 241 g/mol. The highest BCUT2D eigenvalue weighted by Gasteiger charge is 2.24. The second-order valence-electron chi connectivity index (χ2n) is 6.08. The summed E-state index contributed by atoms with van der Waals surface area (Å²) in [6.07, 6.45) is 2.75. The largest absolute Gasteiger partial charge is 0.313 e. The Hall–Kier alpha value is -0.120. The fourth-order valence-electron chi connectivity index (χ4n) is 2.49. The number of likely N-dealkylation sites (tertiary alicyclic amines) is 1. The average Bonchev–Trinajstić information content (AvgIpc) is 2.64. The van der Waals surface area contributed by atoms with Crippen LogP contribution < -0.4 is 5.32 Å². The molecule has 1 fully saturated rings. The van der Waals surface area contributed by atoms with E-state index in [0.717, 1.165) is 18.5 Å². The Morgan fingerprint density at radius 2 is 2.00 bits per heavy atom. The molecule has 0 aliphatic carbocycles. The molecule has 0 bridgehead atoms. The Morgan fingerprint density at radius 1 is 1.29 bits per heavy atom. The first kappa shape index (κ1) is 14.9. The smallest absolute Gasteiger partial charge is 0.0223 e. The number of nitrogens with zero attached hydrogens (tertiary/aromatic N) is 2. The topological polar surface area (TPSA) is 18.5 Å². The molecule has 1 rings (SSSR count). The van der Waals surface area contributed by atoms with E-state index in [0.29, 0.717) is 6.04 Å². The highest BCUT2D eigenvalue weighted by Crippen LogP contribution is 2.16. The fourth-order valence-corrected chi connectivity index (χ4v) is 2.49. The third-order valence-corrected chi connectivity index (χ3v) is 3.94.